The molecule has 1 atom stereocenters. The number of likely N-dealkylation sites (N-methyl/N-ethyl adjacent to an activating group) is 1. The van der Waals surface area contributed by atoms with E-state index in [1.165, 1.54) is 6.92 Å². The third kappa shape index (κ3) is 5.14. The maximum absolute atomic E-state index is 13.1. The number of rotatable bonds is 6. The van der Waals surface area contributed by atoms with Crippen molar-refractivity contribution >= 4 is 23.3 Å². The van der Waals surface area contributed by atoms with Gasteiger partial charge in [0.05, 0.1) is 12.1 Å². The van der Waals surface area contributed by atoms with E-state index in [-0.39, 0.29) is 11.8 Å². The van der Waals surface area contributed by atoms with Crippen molar-refractivity contribution in [1.82, 2.24) is 19.8 Å². The molecule has 1 N–H and O–H groups in total. The van der Waals surface area contributed by atoms with E-state index in [9.17, 15) is 9.59 Å². The second-order valence-corrected chi connectivity index (χ2v) is 8.79. The standard InChI is InChI=1S/C25H34N6O3/c1-4-5-9-27-23-15-21(8-11-30(23)18(2)32)31-12-13-34-22-14-19(16-28-24(22)31)25(33)29-10-6-7-20(17-29)26-3/h8,11,14-16,20,26H,4-7,9-10,12-13,17H2,1-3H3/b27-23-. The summed E-state index contributed by atoms with van der Waals surface area (Å²) in [5.74, 6) is 1.15. The number of anilines is 2. The minimum atomic E-state index is -0.0799. The number of piperidine rings is 1. The Balaban J connectivity index is 1.61. The summed E-state index contributed by atoms with van der Waals surface area (Å²) in [5.41, 5.74) is 2.05. The van der Waals surface area contributed by atoms with Crippen molar-refractivity contribution in [3.05, 3.63) is 41.6 Å². The second kappa shape index (κ2) is 10.8. The first-order valence-electron chi connectivity index (χ1n) is 12.1. The third-order valence-corrected chi connectivity index (χ3v) is 6.38. The van der Waals surface area contributed by atoms with E-state index in [1.807, 2.05) is 29.0 Å². The van der Waals surface area contributed by atoms with E-state index in [4.69, 9.17) is 4.74 Å². The molecule has 0 aliphatic carbocycles. The number of hydrogen-bond acceptors (Lipinski definition) is 7. The van der Waals surface area contributed by atoms with Gasteiger partial charge in [0, 0.05) is 56.7 Å². The average Bonchev–Trinajstić information content (AvgIpc) is 2.87. The smallest absolute Gasteiger partial charge is 0.255 e. The van der Waals surface area contributed by atoms with Gasteiger partial charge in [0.2, 0.25) is 5.91 Å². The lowest BCUT2D eigenvalue weighted by Crippen LogP contribution is -2.47. The normalized spacial score (nSPS) is 18.4. The molecule has 34 heavy (non-hydrogen) atoms. The molecule has 2 aromatic heterocycles. The monoisotopic (exact) mass is 466 g/mol. The van der Waals surface area contributed by atoms with E-state index in [0.717, 1.165) is 37.9 Å². The van der Waals surface area contributed by atoms with Crippen LogP contribution in [0.2, 0.25) is 0 Å². The predicted molar refractivity (Wildman–Crippen MR) is 131 cm³/mol. The molecule has 1 fully saturated rings. The molecule has 0 spiro atoms. The Hall–Kier alpha value is -3.20. The quantitative estimate of drug-likeness (QED) is 0.658. The Bertz CT molecular complexity index is 1110. The number of nitrogens with one attached hydrogen (secondary N) is 1. The molecule has 0 bridgehead atoms. The van der Waals surface area contributed by atoms with Gasteiger partial charge in [-0.15, -0.1) is 0 Å². The largest absolute Gasteiger partial charge is 0.488 e. The molecule has 4 heterocycles. The van der Waals surface area contributed by atoms with Gasteiger partial charge in [-0.05, 0) is 38.4 Å². The first-order valence-corrected chi connectivity index (χ1v) is 12.1. The third-order valence-electron chi connectivity index (χ3n) is 6.38. The number of ether oxygens (including phenoxy) is 1. The molecule has 2 aliphatic rings. The van der Waals surface area contributed by atoms with Crippen molar-refractivity contribution in [3.8, 4) is 5.75 Å². The highest BCUT2D eigenvalue weighted by Crippen LogP contribution is 2.35. The number of unbranched alkanes of at least 4 members (excludes halogenated alkanes) is 1. The number of fused-ring (bicyclic) bond motifs is 1. The van der Waals surface area contributed by atoms with Crippen LogP contribution < -0.4 is 20.4 Å². The van der Waals surface area contributed by atoms with Crippen LogP contribution in [0.25, 0.3) is 0 Å². The molecule has 1 amide bonds. The molecule has 9 heteroatoms. The molecule has 1 saturated heterocycles. The number of likely N-dealkylation sites (tertiary alicyclic amines) is 1. The number of pyridine rings is 2. The van der Waals surface area contributed by atoms with Gasteiger partial charge in [-0.25, -0.2) is 4.98 Å². The first-order chi connectivity index (χ1) is 16.5. The Morgan fingerprint density at radius 3 is 2.91 bits per heavy atom. The highest BCUT2D eigenvalue weighted by atomic mass is 16.5. The van der Waals surface area contributed by atoms with E-state index < -0.39 is 0 Å². The fourth-order valence-corrected chi connectivity index (χ4v) is 4.43. The summed E-state index contributed by atoms with van der Waals surface area (Å²) in [5, 5.41) is 3.27. The molecular formula is C25H34N6O3. The summed E-state index contributed by atoms with van der Waals surface area (Å²) < 4.78 is 7.46. The Kier molecular flexibility index (Phi) is 7.62. The van der Waals surface area contributed by atoms with Gasteiger partial charge in [0.25, 0.3) is 5.91 Å². The molecule has 2 aliphatic heterocycles. The number of carbonyl (C=O) groups excluding carboxylic acids is 2. The molecule has 0 aromatic carbocycles. The lowest BCUT2D eigenvalue weighted by Gasteiger charge is -2.33. The van der Waals surface area contributed by atoms with Crippen LogP contribution in [0, 0.1) is 0 Å². The lowest BCUT2D eigenvalue weighted by molar-refractivity contribution is 0.0697. The van der Waals surface area contributed by atoms with E-state index >= 15 is 0 Å². The van der Waals surface area contributed by atoms with Gasteiger partial charge in [0.15, 0.2) is 11.6 Å². The van der Waals surface area contributed by atoms with Crippen LogP contribution in [-0.2, 0) is 0 Å². The Labute approximate surface area is 200 Å². The van der Waals surface area contributed by atoms with Crippen molar-refractivity contribution < 1.29 is 14.3 Å². The van der Waals surface area contributed by atoms with Crippen molar-refractivity contribution in [2.75, 3.05) is 44.7 Å². The van der Waals surface area contributed by atoms with Crippen LogP contribution in [0.1, 0.15) is 54.7 Å². The minimum absolute atomic E-state index is 0.0183. The molecule has 4 rings (SSSR count). The van der Waals surface area contributed by atoms with E-state index in [2.05, 4.69) is 22.2 Å². The molecule has 0 radical (unpaired) electrons. The van der Waals surface area contributed by atoms with Gasteiger partial charge in [-0.3, -0.25) is 19.1 Å². The maximum Gasteiger partial charge on any atom is 0.255 e. The summed E-state index contributed by atoms with van der Waals surface area (Å²) in [6, 6.07) is 5.92. The second-order valence-electron chi connectivity index (χ2n) is 8.79. The molecule has 9 nitrogen and oxygen atoms in total. The lowest BCUT2D eigenvalue weighted by atomic mass is 10.0. The molecular weight excluding hydrogens is 432 g/mol. The van der Waals surface area contributed by atoms with Crippen molar-refractivity contribution in [2.24, 2.45) is 4.99 Å². The van der Waals surface area contributed by atoms with Crippen LogP contribution in [-0.4, -0.2) is 72.1 Å². The Morgan fingerprint density at radius 2 is 2.15 bits per heavy atom. The molecule has 1 unspecified atom stereocenters. The summed E-state index contributed by atoms with van der Waals surface area (Å²) in [7, 11) is 1.94. The van der Waals surface area contributed by atoms with Crippen LogP contribution in [0.3, 0.4) is 0 Å². The fraction of sp³-hybridized carbons (Fsp3) is 0.520. The van der Waals surface area contributed by atoms with Gasteiger partial charge >= 0.3 is 0 Å². The highest BCUT2D eigenvalue weighted by Gasteiger charge is 2.27. The molecule has 182 valence electrons. The number of carbonyl (C=O) groups is 2. The zero-order valence-electron chi connectivity index (χ0n) is 20.3. The number of amides is 1. The molecule has 2 aromatic rings. The van der Waals surface area contributed by atoms with Crippen LogP contribution in [0.5, 0.6) is 5.75 Å². The number of nitrogens with zero attached hydrogens (tertiary/aromatic N) is 5. The van der Waals surface area contributed by atoms with Crippen LogP contribution >= 0.6 is 0 Å². The summed E-state index contributed by atoms with van der Waals surface area (Å²) in [6.45, 7) is 6.86. The minimum Gasteiger partial charge on any atom is -0.488 e. The van der Waals surface area contributed by atoms with Crippen molar-refractivity contribution in [2.45, 2.75) is 45.6 Å². The van der Waals surface area contributed by atoms with Gasteiger partial charge < -0.3 is 19.9 Å². The zero-order chi connectivity index (χ0) is 24.1. The summed E-state index contributed by atoms with van der Waals surface area (Å²) >= 11 is 0. The fourth-order valence-electron chi connectivity index (χ4n) is 4.43. The van der Waals surface area contributed by atoms with Crippen LogP contribution in [0.15, 0.2) is 35.6 Å². The predicted octanol–water partition coefficient (Wildman–Crippen LogP) is 2.60. The zero-order valence-corrected chi connectivity index (χ0v) is 20.3. The van der Waals surface area contributed by atoms with Gasteiger partial charge in [-0.1, -0.05) is 13.3 Å². The average molecular weight is 467 g/mol. The van der Waals surface area contributed by atoms with Gasteiger partial charge in [0.1, 0.15) is 12.1 Å². The molecule has 0 saturated carbocycles. The van der Waals surface area contributed by atoms with E-state index in [0.29, 0.717) is 54.9 Å². The van der Waals surface area contributed by atoms with E-state index in [1.54, 1.807) is 23.0 Å². The SMILES string of the molecule is CCCC/N=c1/cc(N2CCOc3cc(C(=O)N4CCCC(NC)C4)cnc32)ccn1C(C)=O. The van der Waals surface area contributed by atoms with Crippen molar-refractivity contribution in [1.29, 1.82) is 0 Å². The number of aromatic nitrogens is 2. The number of hydrogen-bond donors (Lipinski definition) is 1. The highest BCUT2D eigenvalue weighted by molar-refractivity contribution is 5.95. The maximum atomic E-state index is 13.1. The van der Waals surface area contributed by atoms with Gasteiger partial charge in [-0.2, -0.15) is 0 Å². The summed E-state index contributed by atoms with van der Waals surface area (Å²) in [4.78, 5) is 38.4. The Morgan fingerprint density at radius 1 is 1.29 bits per heavy atom. The first kappa shape index (κ1) is 23.9. The summed E-state index contributed by atoms with van der Waals surface area (Å²) in [6.07, 6.45) is 7.46. The topological polar surface area (TPSA) is 92.1 Å². The van der Waals surface area contributed by atoms with Crippen molar-refractivity contribution in [3.63, 3.8) is 0 Å². The van der Waals surface area contributed by atoms with Crippen LogP contribution in [0.4, 0.5) is 11.5 Å².